The fraction of sp³-hybridized carbons (Fsp3) is 0.818. The Morgan fingerprint density at radius 1 is 1.38 bits per heavy atom. The van der Waals surface area contributed by atoms with Crippen LogP contribution in [0.3, 0.4) is 0 Å². The standard InChI is InChI=1S/C11H19N5/c12-10-2-1-9(5-10)6-15-3-4-16-8-13-14-11(16)7-15/h8-10H,1-7,12H2. The maximum Gasteiger partial charge on any atom is 0.147 e. The zero-order valence-corrected chi connectivity index (χ0v) is 9.55. The predicted molar refractivity (Wildman–Crippen MR) is 60.6 cm³/mol. The van der Waals surface area contributed by atoms with Crippen LogP contribution in [0, 0.1) is 5.92 Å². The highest BCUT2D eigenvalue weighted by molar-refractivity contribution is 4.91. The van der Waals surface area contributed by atoms with Crippen molar-refractivity contribution < 1.29 is 0 Å². The van der Waals surface area contributed by atoms with E-state index < -0.39 is 0 Å². The quantitative estimate of drug-likeness (QED) is 0.776. The molecule has 1 saturated carbocycles. The molecule has 2 aliphatic rings. The third kappa shape index (κ3) is 1.97. The molecule has 1 aromatic rings. The highest BCUT2D eigenvalue weighted by Gasteiger charge is 2.25. The summed E-state index contributed by atoms with van der Waals surface area (Å²) in [6.07, 6.45) is 5.53. The van der Waals surface area contributed by atoms with Crippen LogP contribution in [0.25, 0.3) is 0 Å². The number of rotatable bonds is 2. The van der Waals surface area contributed by atoms with E-state index in [0.29, 0.717) is 6.04 Å². The van der Waals surface area contributed by atoms with Crippen LogP contribution in [0.15, 0.2) is 6.33 Å². The molecule has 3 rings (SSSR count). The first kappa shape index (κ1) is 10.2. The fourth-order valence-corrected chi connectivity index (χ4v) is 2.92. The molecule has 0 saturated heterocycles. The van der Waals surface area contributed by atoms with Gasteiger partial charge >= 0.3 is 0 Å². The molecule has 1 aliphatic carbocycles. The van der Waals surface area contributed by atoms with Crippen LogP contribution >= 0.6 is 0 Å². The normalized spacial score (nSPS) is 30.6. The Morgan fingerprint density at radius 2 is 2.31 bits per heavy atom. The molecule has 1 aromatic heterocycles. The van der Waals surface area contributed by atoms with Gasteiger partial charge in [-0.1, -0.05) is 0 Å². The van der Waals surface area contributed by atoms with Crippen LogP contribution in [0.4, 0.5) is 0 Å². The average molecular weight is 221 g/mol. The summed E-state index contributed by atoms with van der Waals surface area (Å²) >= 11 is 0. The topological polar surface area (TPSA) is 60.0 Å². The lowest BCUT2D eigenvalue weighted by Crippen LogP contribution is -2.36. The van der Waals surface area contributed by atoms with Gasteiger partial charge in [0.05, 0.1) is 6.54 Å². The smallest absolute Gasteiger partial charge is 0.147 e. The first-order valence-corrected chi connectivity index (χ1v) is 6.16. The SMILES string of the molecule is NC1CCC(CN2CCn3cnnc3C2)C1. The largest absolute Gasteiger partial charge is 0.328 e. The third-order valence-corrected chi connectivity index (χ3v) is 3.82. The second kappa shape index (κ2) is 4.14. The van der Waals surface area contributed by atoms with Gasteiger partial charge in [0.1, 0.15) is 12.2 Å². The van der Waals surface area contributed by atoms with Gasteiger partial charge < -0.3 is 10.3 Å². The Labute approximate surface area is 95.6 Å². The average Bonchev–Trinajstić information content (AvgIpc) is 2.87. The fourth-order valence-electron chi connectivity index (χ4n) is 2.92. The van der Waals surface area contributed by atoms with E-state index in [-0.39, 0.29) is 0 Å². The minimum absolute atomic E-state index is 0.443. The first-order chi connectivity index (χ1) is 7.81. The van der Waals surface area contributed by atoms with E-state index in [4.69, 9.17) is 5.73 Å². The van der Waals surface area contributed by atoms with Gasteiger partial charge in [0.2, 0.25) is 0 Å². The van der Waals surface area contributed by atoms with Crippen LogP contribution < -0.4 is 5.73 Å². The molecule has 16 heavy (non-hydrogen) atoms. The Morgan fingerprint density at radius 3 is 3.12 bits per heavy atom. The minimum Gasteiger partial charge on any atom is -0.328 e. The molecule has 2 heterocycles. The molecule has 5 nitrogen and oxygen atoms in total. The third-order valence-electron chi connectivity index (χ3n) is 3.82. The summed E-state index contributed by atoms with van der Waals surface area (Å²) < 4.78 is 2.15. The van der Waals surface area contributed by atoms with Gasteiger partial charge in [-0.25, -0.2) is 0 Å². The molecule has 0 spiro atoms. The van der Waals surface area contributed by atoms with Gasteiger partial charge in [-0.05, 0) is 25.2 Å². The zero-order valence-electron chi connectivity index (χ0n) is 9.55. The molecule has 88 valence electrons. The predicted octanol–water partition coefficient (Wildman–Crippen LogP) is 0.221. The summed E-state index contributed by atoms with van der Waals surface area (Å²) in [6, 6.07) is 0.443. The molecule has 5 heteroatoms. The number of nitrogens with zero attached hydrogens (tertiary/aromatic N) is 4. The summed E-state index contributed by atoms with van der Waals surface area (Å²) in [7, 11) is 0. The Hall–Kier alpha value is -0.940. The molecule has 2 N–H and O–H groups in total. The van der Waals surface area contributed by atoms with Crippen molar-refractivity contribution in [3.63, 3.8) is 0 Å². The van der Waals surface area contributed by atoms with Crippen molar-refractivity contribution in [2.45, 2.75) is 38.4 Å². The molecule has 0 aromatic carbocycles. The van der Waals surface area contributed by atoms with E-state index in [1.165, 1.54) is 25.8 Å². The number of hydrogen-bond acceptors (Lipinski definition) is 4. The van der Waals surface area contributed by atoms with Gasteiger partial charge in [-0.15, -0.1) is 10.2 Å². The minimum atomic E-state index is 0.443. The van der Waals surface area contributed by atoms with Crippen LogP contribution in [-0.2, 0) is 13.1 Å². The van der Waals surface area contributed by atoms with E-state index in [1.54, 1.807) is 0 Å². The van der Waals surface area contributed by atoms with Gasteiger partial charge in [-0.3, -0.25) is 4.90 Å². The molecule has 2 atom stereocenters. The molecule has 1 fully saturated rings. The Balaban J connectivity index is 1.58. The highest BCUT2D eigenvalue weighted by atomic mass is 15.3. The van der Waals surface area contributed by atoms with E-state index >= 15 is 0 Å². The zero-order chi connectivity index (χ0) is 11.0. The summed E-state index contributed by atoms with van der Waals surface area (Å²) in [5, 5.41) is 8.09. The van der Waals surface area contributed by atoms with Gasteiger partial charge in [0.25, 0.3) is 0 Å². The molecule has 0 amide bonds. The maximum absolute atomic E-state index is 5.95. The van der Waals surface area contributed by atoms with Gasteiger partial charge in [0.15, 0.2) is 0 Å². The van der Waals surface area contributed by atoms with Crippen LogP contribution in [0.1, 0.15) is 25.1 Å². The molecule has 0 bridgehead atoms. The molecule has 1 aliphatic heterocycles. The lowest BCUT2D eigenvalue weighted by molar-refractivity contribution is 0.185. The van der Waals surface area contributed by atoms with E-state index in [9.17, 15) is 0 Å². The van der Waals surface area contributed by atoms with Crippen LogP contribution in [-0.4, -0.2) is 38.8 Å². The summed E-state index contributed by atoms with van der Waals surface area (Å²) in [5.74, 6) is 1.90. The monoisotopic (exact) mass is 221 g/mol. The van der Waals surface area contributed by atoms with E-state index in [1.807, 2.05) is 6.33 Å². The number of aromatic nitrogens is 3. The van der Waals surface area contributed by atoms with Crippen LogP contribution in [0.2, 0.25) is 0 Å². The van der Waals surface area contributed by atoms with Crippen molar-refractivity contribution in [3.8, 4) is 0 Å². The Kier molecular flexibility index (Phi) is 2.65. The van der Waals surface area contributed by atoms with E-state index in [0.717, 1.165) is 31.4 Å². The number of nitrogens with two attached hydrogens (primary N) is 1. The lowest BCUT2D eigenvalue weighted by Gasteiger charge is -2.29. The lowest BCUT2D eigenvalue weighted by atomic mass is 10.1. The molecule has 2 unspecified atom stereocenters. The molecular formula is C11H19N5. The number of hydrogen-bond donors (Lipinski definition) is 1. The van der Waals surface area contributed by atoms with Gasteiger partial charge in [0, 0.05) is 25.7 Å². The van der Waals surface area contributed by atoms with Crippen molar-refractivity contribution in [2.24, 2.45) is 11.7 Å². The van der Waals surface area contributed by atoms with Crippen molar-refractivity contribution in [2.75, 3.05) is 13.1 Å². The molecular weight excluding hydrogens is 202 g/mol. The van der Waals surface area contributed by atoms with E-state index in [2.05, 4.69) is 19.7 Å². The number of fused-ring (bicyclic) bond motifs is 1. The van der Waals surface area contributed by atoms with Crippen molar-refractivity contribution in [1.82, 2.24) is 19.7 Å². The second-order valence-corrected chi connectivity index (χ2v) is 5.11. The first-order valence-electron chi connectivity index (χ1n) is 6.16. The second-order valence-electron chi connectivity index (χ2n) is 5.11. The van der Waals surface area contributed by atoms with Crippen LogP contribution in [0.5, 0.6) is 0 Å². The summed E-state index contributed by atoms with van der Waals surface area (Å²) in [5.41, 5.74) is 5.95. The maximum atomic E-state index is 5.95. The highest BCUT2D eigenvalue weighted by Crippen LogP contribution is 2.25. The molecule has 0 radical (unpaired) electrons. The van der Waals surface area contributed by atoms with Gasteiger partial charge in [-0.2, -0.15) is 0 Å². The summed E-state index contributed by atoms with van der Waals surface area (Å²) in [4.78, 5) is 2.49. The Bertz CT molecular complexity index is 361. The van der Waals surface area contributed by atoms with Crippen molar-refractivity contribution >= 4 is 0 Å². The summed E-state index contributed by atoms with van der Waals surface area (Å²) in [6.45, 7) is 4.28. The van der Waals surface area contributed by atoms with Crippen molar-refractivity contribution in [1.29, 1.82) is 0 Å². The van der Waals surface area contributed by atoms with Crippen molar-refractivity contribution in [3.05, 3.63) is 12.2 Å².